The zero-order chi connectivity index (χ0) is 14.5. The Kier molecular flexibility index (Phi) is 5.10. The standard InChI is InChI=1S/C12H15N.C3H2Cl2N2/c1-3-13-9-10(2)8-11-6-4-5-7-12(11)13;4-2-3(5)7-1-6-2/h4-8H,3,9H2,1-2H3;1H,(H,6,7). The van der Waals surface area contributed by atoms with Gasteiger partial charge in [0.15, 0.2) is 5.15 Å². The van der Waals surface area contributed by atoms with Crippen LogP contribution in [0.4, 0.5) is 5.69 Å². The summed E-state index contributed by atoms with van der Waals surface area (Å²) in [6.07, 6.45) is 3.71. The monoisotopic (exact) mass is 309 g/mol. The summed E-state index contributed by atoms with van der Waals surface area (Å²) in [5, 5.41) is 0.711. The first-order valence-electron chi connectivity index (χ1n) is 6.47. The van der Waals surface area contributed by atoms with Gasteiger partial charge in [-0.3, -0.25) is 0 Å². The van der Waals surface area contributed by atoms with Gasteiger partial charge in [-0.1, -0.05) is 53.1 Å². The van der Waals surface area contributed by atoms with Crippen LogP contribution in [0.1, 0.15) is 19.4 Å². The molecule has 0 saturated heterocycles. The number of rotatable bonds is 1. The van der Waals surface area contributed by atoms with Gasteiger partial charge in [0, 0.05) is 18.8 Å². The molecule has 0 fully saturated rings. The van der Waals surface area contributed by atoms with Crippen LogP contribution in [-0.4, -0.2) is 23.1 Å². The summed E-state index contributed by atoms with van der Waals surface area (Å²) in [6, 6.07) is 8.58. The third-order valence-electron chi connectivity index (χ3n) is 3.05. The molecule has 0 radical (unpaired) electrons. The topological polar surface area (TPSA) is 31.9 Å². The molecule has 106 valence electrons. The molecule has 0 bridgehead atoms. The van der Waals surface area contributed by atoms with Crippen LogP contribution in [0.3, 0.4) is 0 Å². The zero-order valence-corrected chi connectivity index (χ0v) is 13.0. The normalized spacial score (nSPS) is 13.2. The highest BCUT2D eigenvalue weighted by Crippen LogP contribution is 2.27. The molecule has 5 heteroatoms. The van der Waals surface area contributed by atoms with Crippen molar-refractivity contribution in [3.63, 3.8) is 0 Å². The van der Waals surface area contributed by atoms with E-state index in [1.165, 1.54) is 23.2 Å². The molecular weight excluding hydrogens is 293 g/mol. The van der Waals surface area contributed by atoms with E-state index in [9.17, 15) is 0 Å². The van der Waals surface area contributed by atoms with E-state index in [0.717, 1.165) is 13.1 Å². The van der Waals surface area contributed by atoms with Gasteiger partial charge < -0.3 is 9.88 Å². The lowest BCUT2D eigenvalue weighted by Crippen LogP contribution is -2.27. The zero-order valence-electron chi connectivity index (χ0n) is 11.5. The van der Waals surface area contributed by atoms with Gasteiger partial charge in [-0.25, -0.2) is 4.98 Å². The van der Waals surface area contributed by atoms with Crippen molar-refractivity contribution in [2.45, 2.75) is 13.8 Å². The molecule has 0 aliphatic carbocycles. The summed E-state index contributed by atoms with van der Waals surface area (Å²) < 4.78 is 0. The first-order chi connectivity index (χ1) is 9.61. The molecule has 0 amide bonds. The Morgan fingerprint density at radius 1 is 1.30 bits per heavy atom. The van der Waals surface area contributed by atoms with E-state index in [2.05, 4.69) is 59.1 Å². The second-order valence-electron chi connectivity index (χ2n) is 4.57. The summed E-state index contributed by atoms with van der Waals surface area (Å²) in [5.41, 5.74) is 4.17. The number of H-pyrrole nitrogens is 1. The van der Waals surface area contributed by atoms with Crippen molar-refractivity contribution in [3.8, 4) is 0 Å². The third-order valence-corrected chi connectivity index (χ3v) is 3.72. The van der Waals surface area contributed by atoms with Crippen molar-refractivity contribution >= 4 is 35.0 Å². The minimum atomic E-state index is 0.321. The molecule has 2 aromatic rings. The molecule has 1 aliphatic heterocycles. The van der Waals surface area contributed by atoms with Gasteiger partial charge in [-0.15, -0.1) is 0 Å². The molecule has 2 heterocycles. The number of para-hydroxylation sites is 1. The number of aromatic amines is 1. The van der Waals surface area contributed by atoms with Crippen LogP contribution in [0, 0.1) is 0 Å². The predicted molar refractivity (Wildman–Crippen MR) is 86.6 cm³/mol. The number of benzene rings is 1. The van der Waals surface area contributed by atoms with Crippen molar-refractivity contribution in [2.75, 3.05) is 18.0 Å². The second-order valence-corrected chi connectivity index (χ2v) is 5.31. The second kappa shape index (κ2) is 6.82. The van der Waals surface area contributed by atoms with Crippen molar-refractivity contribution in [1.82, 2.24) is 9.97 Å². The van der Waals surface area contributed by atoms with Crippen LogP contribution in [0.2, 0.25) is 10.3 Å². The number of hydrogen-bond acceptors (Lipinski definition) is 2. The van der Waals surface area contributed by atoms with E-state index in [-0.39, 0.29) is 0 Å². The van der Waals surface area contributed by atoms with E-state index < -0.39 is 0 Å². The van der Waals surface area contributed by atoms with Crippen molar-refractivity contribution in [1.29, 1.82) is 0 Å². The highest BCUT2D eigenvalue weighted by molar-refractivity contribution is 6.40. The summed E-state index contributed by atoms with van der Waals surface area (Å²) >= 11 is 10.7. The SMILES string of the molecule is CCN1CC(C)=Cc2ccccc21.Clc1nc[nH]c1Cl. The average Bonchev–Trinajstić information content (AvgIpc) is 2.82. The number of aromatic nitrogens is 2. The van der Waals surface area contributed by atoms with Gasteiger partial charge in [0.05, 0.1) is 6.33 Å². The number of halogens is 2. The van der Waals surface area contributed by atoms with Crippen LogP contribution in [0.15, 0.2) is 36.2 Å². The quantitative estimate of drug-likeness (QED) is 0.831. The molecule has 0 atom stereocenters. The smallest absolute Gasteiger partial charge is 0.165 e. The van der Waals surface area contributed by atoms with Crippen molar-refractivity contribution in [2.24, 2.45) is 0 Å². The number of likely N-dealkylation sites (N-methyl/N-ethyl adjacent to an activating group) is 1. The van der Waals surface area contributed by atoms with Gasteiger partial charge in [-0.2, -0.15) is 0 Å². The predicted octanol–water partition coefficient (Wildman–Crippen LogP) is 4.65. The van der Waals surface area contributed by atoms with Gasteiger partial charge in [0.1, 0.15) is 5.15 Å². The van der Waals surface area contributed by atoms with E-state index >= 15 is 0 Å². The summed E-state index contributed by atoms with van der Waals surface area (Å²) in [7, 11) is 0. The number of nitrogens with zero attached hydrogens (tertiary/aromatic N) is 2. The highest BCUT2D eigenvalue weighted by Gasteiger charge is 2.12. The maximum absolute atomic E-state index is 5.37. The Labute approximate surface area is 129 Å². The van der Waals surface area contributed by atoms with E-state index in [0.29, 0.717) is 10.3 Å². The number of fused-ring (bicyclic) bond motifs is 1. The van der Waals surface area contributed by atoms with Crippen LogP contribution < -0.4 is 4.90 Å². The van der Waals surface area contributed by atoms with Gasteiger partial charge in [-0.05, 0) is 25.5 Å². The van der Waals surface area contributed by atoms with E-state index in [1.807, 2.05) is 0 Å². The van der Waals surface area contributed by atoms with Crippen molar-refractivity contribution < 1.29 is 0 Å². The van der Waals surface area contributed by atoms with Gasteiger partial charge in [0.25, 0.3) is 0 Å². The molecule has 0 spiro atoms. The molecule has 3 rings (SSSR count). The maximum atomic E-state index is 5.37. The minimum Gasteiger partial charge on any atom is -0.367 e. The Hall–Kier alpha value is -1.45. The number of hydrogen-bond donors (Lipinski definition) is 1. The molecule has 1 aromatic carbocycles. The average molecular weight is 310 g/mol. The molecule has 1 aliphatic rings. The Morgan fingerprint density at radius 3 is 2.60 bits per heavy atom. The molecular formula is C15H17Cl2N3. The maximum Gasteiger partial charge on any atom is 0.165 e. The van der Waals surface area contributed by atoms with Gasteiger partial charge in [0.2, 0.25) is 0 Å². The third kappa shape index (κ3) is 3.56. The highest BCUT2D eigenvalue weighted by atomic mass is 35.5. The van der Waals surface area contributed by atoms with Crippen LogP contribution in [0.25, 0.3) is 6.08 Å². The fourth-order valence-electron chi connectivity index (χ4n) is 2.14. The fraction of sp³-hybridized carbons (Fsp3) is 0.267. The number of imidazole rings is 1. The van der Waals surface area contributed by atoms with Crippen LogP contribution in [0.5, 0.6) is 0 Å². The number of anilines is 1. The molecule has 1 aromatic heterocycles. The Balaban J connectivity index is 0.000000178. The minimum absolute atomic E-state index is 0.321. The lowest BCUT2D eigenvalue weighted by molar-refractivity contribution is 0.871. The number of nitrogens with one attached hydrogen (secondary N) is 1. The summed E-state index contributed by atoms with van der Waals surface area (Å²) in [6.45, 7) is 6.56. The van der Waals surface area contributed by atoms with Crippen LogP contribution in [-0.2, 0) is 0 Å². The summed E-state index contributed by atoms with van der Waals surface area (Å²) in [4.78, 5) is 8.59. The first-order valence-corrected chi connectivity index (χ1v) is 7.23. The van der Waals surface area contributed by atoms with E-state index in [1.54, 1.807) is 0 Å². The fourth-order valence-corrected chi connectivity index (χ4v) is 2.34. The van der Waals surface area contributed by atoms with Crippen molar-refractivity contribution in [3.05, 3.63) is 52.0 Å². The lowest BCUT2D eigenvalue weighted by Gasteiger charge is -2.29. The lowest BCUT2D eigenvalue weighted by atomic mass is 10.0. The molecule has 1 N–H and O–H groups in total. The molecule has 0 unspecified atom stereocenters. The first kappa shape index (κ1) is 14.9. The molecule has 20 heavy (non-hydrogen) atoms. The molecule has 0 saturated carbocycles. The molecule has 3 nitrogen and oxygen atoms in total. The largest absolute Gasteiger partial charge is 0.367 e. The van der Waals surface area contributed by atoms with E-state index in [4.69, 9.17) is 23.2 Å². The van der Waals surface area contributed by atoms with Gasteiger partial charge >= 0.3 is 0 Å². The summed E-state index contributed by atoms with van der Waals surface area (Å²) in [5.74, 6) is 0. The Morgan fingerprint density at radius 2 is 2.05 bits per heavy atom. The van der Waals surface area contributed by atoms with Crippen LogP contribution >= 0.6 is 23.2 Å². The Bertz CT molecular complexity index is 588.